The molecule has 2 aliphatic rings. The largest absolute Gasteiger partial charge is 0.369 e. The number of amides is 2. The summed E-state index contributed by atoms with van der Waals surface area (Å²) >= 11 is 1.30. The van der Waals surface area contributed by atoms with Gasteiger partial charge >= 0.3 is 0 Å². The van der Waals surface area contributed by atoms with Gasteiger partial charge in [0.15, 0.2) is 0 Å². The van der Waals surface area contributed by atoms with Crippen molar-refractivity contribution in [2.24, 2.45) is 0 Å². The van der Waals surface area contributed by atoms with Crippen molar-refractivity contribution in [3.8, 4) is 0 Å². The first-order valence-corrected chi connectivity index (χ1v) is 7.96. The zero-order valence-corrected chi connectivity index (χ0v) is 12.4. The minimum Gasteiger partial charge on any atom is -0.369 e. The molecule has 6 heteroatoms. The summed E-state index contributed by atoms with van der Waals surface area (Å²) in [5, 5.41) is 5.69. The minimum absolute atomic E-state index is 0.224. The molecule has 0 radical (unpaired) electrons. The molecular weight excluding hydrogens is 286 g/mol. The summed E-state index contributed by atoms with van der Waals surface area (Å²) in [5.41, 5.74) is 2.16. The molecule has 2 N–H and O–H groups in total. The smallest absolute Gasteiger partial charge is 0.264 e. The molecule has 110 valence electrons. The summed E-state index contributed by atoms with van der Waals surface area (Å²) in [4.78, 5) is 26.0. The molecule has 5 nitrogen and oxygen atoms in total. The van der Waals surface area contributed by atoms with Crippen LogP contribution >= 0.6 is 11.8 Å². The lowest BCUT2D eigenvalue weighted by atomic mass is 10.1. The van der Waals surface area contributed by atoms with Crippen molar-refractivity contribution in [2.75, 3.05) is 36.8 Å². The van der Waals surface area contributed by atoms with Crippen LogP contribution in [0.5, 0.6) is 0 Å². The van der Waals surface area contributed by atoms with Crippen LogP contribution in [0.2, 0.25) is 0 Å². The predicted octanol–water partition coefficient (Wildman–Crippen LogP) is 0.827. The summed E-state index contributed by atoms with van der Waals surface area (Å²) in [5.74, 6) is -0.225. The first-order chi connectivity index (χ1) is 10.2. The molecule has 1 aromatic carbocycles. The van der Waals surface area contributed by atoms with E-state index in [4.69, 9.17) is 0 Å². The van der Waals surface area contributed by atoms with Crippen LogP contribution in [-0.4, -0.2) is 43.7 Å². The fourth-order valence-corrected chi connectivity index (χ4v) is 3.24. The molecule has 2 heterocycles. The standard InChI is InChI=1S/C15H17N3O2S/c19-14-10-21-13(15(20)17-14)9-11-3-1-2-4-12(11)18-7-5-16-6-8-18/h1-4,9,16H,5-8,10H2,(H,17,19,20)/b13-9-. The number of nitrogens with one attached hydrogen (secondary N) is 2. The molecule has 1 aromatic rings. The van der Waals surface area contributed by atoms with Crippen molar-refractivity contribution in [2.45, 2.75) is 0 Å². The van der Waals surface area contributed by atoms with E-state index in [0.29, 0.717) is 10.7 Å². The molecule has 0 unspecified atom stereocenters. The number of para-hydroxylation sites is 1. The number of imide groups is 1. The summed E-state index contributed by atoms with van der Waals surface area (Å²) in [6, 6.07) is 8.06. The van der Waals surface area contributed by atoms with Crippen LogP contribution in [0.4, 0.5) is 5.69 Å². The topological polar surface area (TPSA) is 61.4 Å². The van der Waals surface area contributed by atoms with E-state index in [1.807, 2.05) is 24.3 Å². The van der Waals surface area contributed by atoms with E-state index in [-0.39, 0.29) is 11.8 Å². The normalized spacial score (nSPS) is 21.5. The molecule has 21 heavy (non-hydrogen) atoms. The van der Waals surface area contributed by atoms with E-state index in [1.54, 1.807) is 0 Å². The van der Waals surface area contributed by atoms with Gasteiger partial charge in [-0.15, -0.1) is 11.8 Å². The second kappa shape index (κ2) is 6.32. The first-order valence-electron chi connectivity index (χ1n) is 6.97. The third-order valence-electron chi connectivity index (χ3n) is 3.52. The zero-order valence-electron chi connectivity index (χ0n) is 11.6. The fraction of sp³-hybridized carbons (Fsp3) is 0.333. The maximum Gasteiger partial charge on any atom is 0.264 e. The molecule has 2 saturated heterocycles. The number of nitrogens with zero attached hydrogens (tertiary/aromatic N) is 1. The summed E-state index contributed by atoms with van der Waals surface area (Å²) in [7, 11) is 0. The van der Waals surface area contributed by atoms with Crippen molar-refractivity contribution in [3.63, 3.8) is 0 Å². The third kappa shape index (κ3) is 3.28. The van der Waals surface area contributed by atoms with Crippen LogP contribution in [0.3, 0.4) is 0 Å². The molecule has 2 fully saturated rings. The summed E-state index contributed by atoms with van der Waals surface area (Å²) < 4.78 is 0. The highest BCUT2D eigenvalue weighted by molar-refractivity contribution is 8.04. The zero-order chi connectivity index (χ0) is 14.7. The Kier molecular flexibility index (Phi) is 4.26. The molecule has 2 aliphatic heterocycles. The first kappa shape index (κ1) is 14.2. The highest BCUT2D eigenvalue weighted by Crippen LogP contribution is 2.28. The second-order valence-electron chi connectivity index (χ2n) is 4.97. The predicted molar refractivity (Wildman–Crippen MR) is 85.1 cm³/mol. The average molecular weight is 303 g/mol. The quantitative estimate of drug-likeness (QED) is 0.626. The van der Waals surface area contributed by atoms with E-state index >= 15 is 0 Å². The van der Waals surface area contributed by atoms with E-state index in [1.165, 1.54) is 11.8 Å². The van der Waals surface area contributed by atoms with Crippen molar-refractivity contribution in [3.05, 3.63) is 34.7 Å². The van der Waals surface area contributed by atoms with Crippen molar-refractivity contribution < 1.29 is 9.59 Å². The van der Waals surface area contributed by atoms with Crippen LogP contribution in [-0.2, 0) is 9.59 Å². The van der Waals surface area contributed by atoms with E-state index < -0.39 is 0 Å². The Hall–Kier alpha value is -1.79. The third-order valence-corrected chi connectivity index (χ3v) is 4.54. The Bertz CT molecular complexity index is 594. The SMILES string of the molecule is O=C1CS/C(=C\c2ccccc2N2CCNCC2)C(=O)N1. The van der Waals surface area contributed by atoms with Crippen LogP contribution in [0.25, 0.3) is 6.08 Å². The summed E-state index contributed by atoms with van der Waals surface area (Å²) in [6.45, 7) is 3.85. The molecule has 0 aliphatic carbocycles. The van der Waals surface area contributed by atoms with Gasteiger partial charge in [0, 0.05) is 31.9 Å². The van der Waals surface area contributed by atoms with Gasteiger partial charge in [0.2, 0.25) is 5.91 Å². The number of hydrogen-bond acceptors (Lipinski definition) is 5. The molecule has 0 spiro atoms. The number of hydrogen-bond donors (Lipinski definition) is 2. The van der Waals surface area contributed by atoms with Gasteiger partial charge in [0.25, 0.3) is 5.91 Å². The maximum absolute atomic E-state index is 11.9. The van der Waals surface area contributed by atoms with E-state index in [0.717, 1.165) is 37.4 Å². The minimum atomic E-state index is -0.300. The maximum atomic E-state index is 11.9. The van der Waals surface area contributed by atoms with Gasteiger partial charge in [-0.1, -0.05) is 18.2 Å². The van der Waals surface area contributed by atoms with Gasteiger partial charge in [0.1, 0.15) is 0 Å². The molecule has 0 saturated carbocycles. The lowest BCUT2D eigenvalue weighted by molar-refractivity contribution is -0.126. The number of thioether (sulfide) groups is 1. The number of rotatable bonds is 2. The molecular formula is C15H17N3O2S. The van der Waals surface area contributed by atoms with Crippen molar-refractivity contribution in [1.82, 2.24) is 10.6 Å². The Morgan fingerprint density at radius 3 is 2.67 bits per heavy atom. The number of carbonyl (C=O) groups excluding carboxylic acids is 2. The highest BCUT2D eigenvalue weighted by atomic mass is 32.2. The van der Waals surface area contributed by atoms with Gasteiger partial charge in [-0.2, -0.15) is 0 Å². The van der Waals surface area contributed by atoms with Crippen LogP contribution in [0.15, 0.2) is 29.2 Å². The molecule has 3 rings (SSSR count). The average Bonchev–Trinajstić information content (AvgIpc) is 2.51. The number of carbonyl (C=O) groups is 2. The van der Waals surface area contributed by atoms with Crippen LogP contribution in [0, 0.1) is 0 Å². The van der Waals surface area contributed by atoms with Crippen molar-refractivity contribution in [1.29, 1.82) is 0 Å². The van der Waals surface area contributed by atoms with Gasteiger partial charge < -0.3 is 10.2 Å². The Morgan fingerprint density at radius 1 is 1.14 bits per heavy atom. The van der Waals surface area contributed by atoms with Gasteiger partial charge in [-0.3, -0.25) is 14.9 Å². The van der Waals surface area contributed by atoms with Crippen LogP contribution in [0.1, 0.15) is 5.56 Å². The van der Waals surface area contributed by atoms with E-state index in [9.17, 15) is 9.59 Å². The number of benzene rings is 1. The fourth-order valence-electron chi connectivity index (χ4n) is 2.48. The molecule has 0 bridgehead atoms. The van der Waals surface area contributed by atoms with Crippen LogP contribution < -0.4 is 15.5 Å². The molecule has 2 amide bonds. The van der Waals surface area contributed by atoms with Crippen molar-refractivity contribution >= 4 is 35.3 Å². The monoisotopic (exact) mass is 303 g/mol. The van der Waals surface area contributed by atoms with Gasteiger partial charge in [-0.25, -0.2) is 0 Å². The van der Waals surface area contributed by atoms with Gasteiger partial charge in [0.05, 0.1) is 10.7 Å². The molecule has 0 atom stereocenters. The number of piperazine rings is 1. The summed E-state index contributed by atoms with van der Waals surface area (Å²) in [6.07, 6.45) is 1.88. The Balaban J connectivity index is 1.88. The second-order valence-corrected chi connectivity index (χ2v) is 5.99. The Labute approximate surface area is 127 Å². The van der Waals surface area contributed by atoms with Gasteiger partial charge in [-0.05, 0) is 17.7 Å². The highest BCUT2D eigenvalue weighted by Gasteiger charge is 2.22. The lowest BCUT2D eigenvalue weighted by Gasteiger charge is -2.30. The molecule has 0 aromatic heterocycles. The number of anilines is 1. The Morgan fingerprint density at radius 2 is 1.90 bits per heavy atom. The lowest BCUT2D eigenvalue weighted by Crippen LogP contribution is -2.43. The van der Waals surface area contributed by atoms with E-state index in [2.05, 4.69) is 21.6 Å².